The molecule has 2 aromatic carbocycles. The Morgan fingerprint density at radius 1 is 1.03 bits per heavy atom. The van der Waals surface area contributed by atoms with Gasteiger partial charge in [-0.25, -0.2) is 9.97 Å². The first-order valence-electron chi connectivity index (χ1n) is 10.0. The van der Waals surface area contributed by atoms with Gasteiger partial charge in [0.2, 0.25) is 5.91 Å². The number of hydrogen-bond donors (Lipinski definition) is 1. The zero-order valence-corrected chi connectivity index (χ0v) is 17.0. The van der Waals surface area contributed by atoms with Crippen LogP contribution in [0, 0.1) is 0 Å². The number of nitrogen functional groups attached to an aromatic ring is 1. The number of benzene rings is 2. The SMILES string of the molecule is Cn1cc(-c2ccc(N3CCC(C)(c4ccccc4)C3=O)cc2)c2c(N)ncnc21. The molecular formula is C24H23N5O. The summed E-state index contributed by atoms with van der Waals surface area (Å²) < 4.78 is 1.95. The van der Waals surface area contributed by atoms with E-state index < -0.39 is 5.41 Å². The van der Waals surface area contributed by atoms with Crippen LogP contribution in [0.1, 0.15) is 18.9 Å². The maximum absolute atomic E-state index is 13.3. The number of nitrogens with two attached hydrogens (primary N) is 1. The number of aryl methyl sites for hydroxylation is 1. The molecule has 3 heterocycles. The molecule has 1 aliphatic rings. The van der Waals surface area contributed by atoms with Crippen molar-refractivity contribution in [2.45, 2.75) is 18.8 Å². The maximum Gasteiger partial charge on any atom is 0.237 e. The fraction of sp³-hybridized carbons (Fsp3) is 0.208. The number of carbonyl (C=O) groups is 1. The molecule has 0 saturated carbocycles. The number of fused-ring (bicyclic) bond motifs is 1. The Kier molecular flexibility index (Phi) is 4.10. The van der Waals surface area contributed by atoms with E-state index in [0.29, 0.717) is 12.4 Å². The summed E-state index contributed by atoms with van der Waals surface area (Å²) in [6, 6.07) is 18.1. The van der Waals surface area contributed by atoms with Gasteiger partial charge in [-0.1, -0.05) is 42.5 Å². The minimum atomic E-state index is -0.485. The second kappa shape index (κ2) is 6.69. The number of carbonyl (C=O) groups excluding carboxylic acids is 1. The first kappa shape index (κ1) is 18.4. The van der Waals surface area contributed by atoms with Crippen molar-refractivity contribution in [2.24, 2.45) is 7.05 Å². The molecule has 1 amide bonds. The third-order valence-electron chi connectivity index (χ3n) is 6.24. The lowest BCUT2D eigenvalue weighted by Gasteiger charge is -2.24. The molecule has 0 spiro atoms. The third kappa shape index (κ3) is 2.68. The topological polar surface area (TPSA) is 77.0 Å². The highest BCUT2D eigenvalue weighted by molar-refractivity contribution is 6.04. The average molecular weight is 397 g/mol. The lowest BCUT2D eigenvalue weighted by molar-refractivity contribution is -0.121. The summed E-state index contributed by atoms with van der Waals surface area (Å²) in [5.41, 5.74) is 10.4. The van der Waals surface area contributed by atoms with Crippen LogP contribution in [0.2, 0.25) is 0 Å². The molecule has 1 unspecified atom stereocenters. The maximum atomic E-state index is 13.3. The Morgan fingerprint density at radius 3 is 2.50 bits per heavy atom. The molecule has 0 radical (unpaired) electrons. The van der Waals surface area contributed by atoms with Crippen LogP contribution in [0.15, 0.2) is 67.1 Å². The van der Waals surface area contributed by atoms with E-state index in [-0.39, 0.29) is 5.91 Å². The summed E-state index contributed by atoms with van der Waals surface area (Å²) in [7, 11) is 1.94. The van der Waals surface area contributed by atoms with Gasteiger partial charge in [0.15, 0.2) is 0 Å². The van der Waals surface area contributed by atoms with Crippen LogP contribution in [0.4, 0.5) is 11.5 Å². The first-order valence-corrected chi connectivity index (χ1v) is 10.0. The van der Waals surface area contributed by atoms with Crippen LogP contribution >= 0.6 is 0 Å². The van der Waals surface area contributed by atoms with Crippen molar-refractivity contribution >= 4 is 28.4 Å². The van der Waals surface area contributed by atoms with E-state index in [1.54, 1.807) is 0 Å². The fourth-order valence-electron chi connectivity index (χ4n) is 4.44. The van der Waals surface area contributed by atoms with Gasteiger partial charge in [0.05, 0.1) is 10.8 Å². The second-order valence-corrected chi connectivity index (χ2v) is 8.06. The largest absolute Gasteiger partial charge is 0.383 e. The summed E-state index contributed by atoms with van der Waals surface area (Å²) >= 11 is 0. The zero-order valence-electron chi connectivity index (χ0n) is 17.0. The van der Waals surface area contributed by atoms with E-state index in [4.69, 9.17) is 5.73 Å². The molecule has 1 saturated heterocycles. The molecule has 0 aliphatic carbocycles. The van der Waals surface area contributed by atoms with Crippen LogP contribution < -0.4 is 10.6 Å². The molecule has 1 fully saturated rings. The number of amides is 1. The molecule has 2 N–H and O–H groups in total. The minimum Gasteiger partial charge on any atom is -0.383 e. The van der Waals surface area contributed by atoms with E-state index in [1.807, 2.05) is 84.2 Å². The Balaban J connectivity index is 1.48. The van der Waals surface area contributed by atoms with Gasteiger partial charge >= 0.3 is 0 Å². The van der Waals surface area contributed by atoms with E-state index in [0.717, 1.165) is 39.8 Å². The standard InChI is InChI=1S/C24H23N5O/c1-24(17-6-4-3-5-7-17)12-13-29(23(24)30)18-10-8-16(9-11-18)19-14-28(2)22-20(19)21(25)26-15-27-22/h3-11,14-15H,12-13H2,1-2H3,(H2,25,26,27). The van der Waals surface area contributed by atoms with Crippen LogP contribution in [-0.4, -0.2) is 27.0 Å². The monoisotopic (exact) mass is 397 g/mol. The van der Waals surface area contributed by atoms with Crippen LogP contribution in [0.25, 0.3) is 22.2 Å². The highest BCUT2D eigenvalue weighted by Gasteiger charge is 2.44. The van der Waals surface area contributed by atoms with E-state index in [1.165, 1.54) is 6.33 Å². The minimum absolute atomic E-state index is 0.143. The lowest BCUT2D eigenvalue weighted by Crippen LogP contribution is -2.35. The molecular weight excluding hydrogens is 374 g/mol. The van der Waals surface area contributed by atoms with Crippen molar-refractivity contribution in [3.8, 4) is 11.1 Å². The van der Waals surface area contributed by atoms with Crippen molar-refractivity contribution in [2.75, 3.05) is 17.2 Å². The molecule has 1 aliphatic heterocycles. The van der Waals surface area contributed by atoms with Gasteiger partial charge in [0, 0.05) is 31.0 Å². The predicted octanol–water partition coefficient (Wildman–Crippen LogP) is 3.91. The molecule has 150 valence electrons. The summed E-state index contributed by atoms with van der Waals surface area (Å²) in [6.45, 7) is 2.75. The van der Waals surface area contributed by atoms with E-state index >= 15 is 0 Å². The van der Waals surface area contributed by atoms with Gasteiger partial charge in [-0.3, -0.25) is 4.79 Å². The summed E-state index contributed by atoms with van der Waals surface area (Å²) in [6.07, 6.45) is 4.29. The zero-order chi connectivity index (χ0) is 20.9. The average Bonchev–Trinajstić information content (AvgIpc) is 3.28. The van der Waals surface area contributed by atoms with Gasteiger partial charge < -0.3 is 15.2 Å². The van der Waals surface area contributed by atoms with E-state index in [9.17, 15) is 4.79 Å². The lowest BCUT2D eigenvalue weighted by atomic mass is 9.81. The summed E-state index contributed by atoms with van der Waals surface area (Å²) in [5, 5.41) is 0.849. The van der Waals surface area contributed by atoms with Gasteiger partial charge in [0.1, 0.15) is 17.8 Å². The number of anilines is 2. The van der Waals surface area contributed by atoms with Crippen LogP contribution in [0.5, 0.6) is 0 Å². The quantitative estimate of drug-likeness (QED) is 0.569. The molecule has 6 nitrogen and oxygen atoms in total. The van der Waals surface area contributed by atoms with Crippen molar-refractivity contribution < 1.29 is 4.79 Å². The molecule has 6 heteroatoms. The first-order chi connectivity index (χ1) is 14.5. The Morgan fingerprint density at radius 2 is 1.77 bits per heavy atom. The van der Waals surface area contributed by atoms with Crippen LogP contribution in [-0.2, 0) is 17.3 Å². The molecule has 5 rings (SSSR count). The Bertz CT molecular complexity index is 1250. The number of aromatic nitrogens is 3. The fourth-order valence-corrected chi connectivity index (χ4v) is 4.44. The highest BCUT2D eigenvalue weighted by Crippen LogP contribution is 2.39. The predicted molar refractivity (Wildman–Crippen MR) is 119 cm³/mol. The van der Waals surface area contributed by atoms with Gasteiger partial charge in [-0.2, -0.15) is 0 Å². The molecule has 2 aromatic heterocycles. The highest BCUT2D eigenvalue weighted by atomic mass is 16.2. The van der Waals surface area contributed by atoms with Crippen molar-refractivity contribution in [3.63, 3.8) is 0 Å². The molecule has 1 atom stereocenters. The molecule has 30 heavy (non-hydrogen) atoms. The van der Waals surface area contributed by atoms with Crippen molar-refractivity contribution in [1.82, 2.24) is 14.5 Å². The smallest absolute Gasteiger partial charge is 0.237 e. The number of hydrogen-bond acceptors (Lipinski definition) is 4. The molecule has 4 aromatic rings. The summed E-state index contributed by atoms with van der Waals surface area (Å²) in [4.78, 5) is 23.7. The number of rotatable bonds is 3. The van der Waals surface area contributed by atoms with Crippen molar-refractivity contribution in [3.05, 3.63) is 72.7 Å². The Labute approximate surface area is 175 Å². The van der Waals surface area contributed by atoms with E-state index in [2.05, 4.69) is 9.97 Å². The number of nitrogens with zero attached hydrogens (tertiary/aromatic N) is 4. The van der Waals surface area contributed by atoms with Gasteiger partial charge in [-0.15, -0.1) is 0 Å². The second-order valence-electron chi connectivity index (χ2n) is 8.06. The third-order valence-corrected chi connectivity index (χ3v) is 6.24. The molecule has 0 bridgehead atoms. The van der Waals surface area contributed by atoms with Gasteiger partial charge in [0.25, 0.3) is 0 Å². The normalized spacial score (nSPS) is 19.0. The van der Waals surface area contributed by atoms with Gasteiger partial charge in [-0.05, 0) is 36.6 Å². The Hall–Kier alpha value is -3.67. The van der Waals surface area contributed by atoms with Crippen molar-refractivity contribution in [1.29, 1.82) is 0 Å². The summed E-state index contributed by atoms with van der Waals surface area (Å²) in [5.74, 6) is 0.609. The van der Waals surface area contributed by atoms with Crippen LogP contribution in [0.3, 0.4) is 0 Å².